The molecule has 4 rings (SSSR count). The molecule has 0 spiro atoms. The van der Waals surface area contributed by atoms with Crippen LogP contribution in [0.5, 0.6) is 0 Å². The monoisotopic (exact) mass is 311 g/mol. The zero-order valence-corrected chi connectivity index (χ0v) is 13.3. The van der Waals surface area contributed by atoms with Crippen molar-refractivity contribution in [3.8, 4) is 0 Å². The standard InChI is InChI=1S/C18H21N3O2/c1-2-5-16-20-15-10-19-14-7-4-3-6-13(14)17(15)21(16)11-18(22)8-9-23-12-18/h3-4,6-7,10,22H,2,5,8-9,11-12H2,1H3. The number of para-hydroxylation sites is 1. The normalized spacial score (nSPS) is 21.5. The molecule has 1 aliphatic heterocycles. The lowest BCUT2D eigenvalue weighted by molar-refractivity contribution is 0.0121. The summed E-state index contributed by atoms with van der Waals surface area (Å²) >= 11 is 0. The number of hydrogen-bond acceptors (Lipinski definition) is 4. The number of benzene rings is 1. The molecule has 5 nitrogen and oxygen atoms in total. The van der Waals surface area contributed by atoms with Crippen LogP contribution in [-0.2, 0) is 17.7 Å². The second-order valence-electron chi connectivity index (χ2n) is 6.40. The van der Waals surface area contributed by atoms with Crippen molar-refractivity contribution in [2.45, 2.75) is 38.3 Å². The van der Waals surface area contributed by atoms with Gasteiger partial charge in [0.25, 0.3) is 0 Å². The minimum Gasteiger partial charge on any atom is -0.386 e. The summed E-state index contributed by atoms with van der Waals surface area (Å²) in [6.07, 6.45) is 4.41. The van der Waals surface area contributed by atoms with Crippen molar-refractivity contribution in [2.75, 3.05) is 13.2 Å². The zero-order chi connectivity index (χ0) is 15.9. The molecule has 5 heteroatoms. The second kappa shape index (κ2) is 5.58. The van der Waals surface area contributed by atoms with Crippen LogP contribution < -0.4 is 0 Å². The van der Waals surface area contributed by atoms with Crippen LogP contribution in [0, 0.1) is 0 Å². The maximum Gasteiger partial charge on any atom is 0.110 e. The molecular weight excluding hydrogens is 290 g/mol. The van der Waals surface area contributed by atoms with Gasteiger partial charge in [0.1, 0.15) is 16.9 Å². The fraction of sp³-hybridized carbons (Fsp3) is 0.444. The summed E-state index contributed by atoms with van der Waals surface area (Å²) < 4.78 is 7.59. The van der Waals surface area contributed by atoms with Crippen molar-refractivity contribution >= 4 is 21.9 Å². The van der Waals surface area contributed by atoms with Crippen LogP contribution in [0.4, 0.5) is 0 Å². The van der Waals surface area contributed by atoms with Crippen molar-refractivity contribution in [1.82, 2.24) is 14.5 Å². The first kappa shape index (κ1) is 14.6. The zero-order valence-electron chi connectivity index (χ0n) is 13.3. The maximum atomic E-state index is 10.8. The number of hydrogen-bond donors (Lipinski definition) is 1. The summed E-state index contributed by atoms with van der Waals surface area (Å²) in [5, 5.41) is 11.9. The molecule has 3 aromatic rings. The van der Waals surface area contributed by atoms with Gasteiger partial charge in [0.2, 0.25) is 0 Å². The van der Waals surface area contributed by atoms with E-state index in [4.69, 9.17) is 9.72 Å². The van der Waals surface area contributed by atoms with E-state index in [-0.39, 0.29) is 0 Å². The number of ether oxygens (including phenoxy) is 1. The molecular formula is C18H21N3O2. The van der Waals surface area contributed by atoms with Crippen molar-refractivity contribution in [1.29, 1.82) is 0 Å². The molecule has 0 radical (unpaired) electrons. The lowest BCUT2D eigenvalue weighted by Crippen LogP contribution is -2.35. The van der Waals surface area contributed by atoms with Crippen LogP contribution in [0.25, 0.3) is 21.9 Å². The number of fused-ring (bicyclic) bond motifs is 3. The Morgan fingerprint density at radius 2 is 2.17 bits per heavy atom. The number of imidazole rings is 1. The van der Waals surface area contributed by atoms with E-state index in [0.717, 1.165) is 40.6 Å². The van der Waals surface area contributed by atoms with Crippen molar-refractivity contribution < 1.29 is 9.84 Å². The van der Waals surface area contributed by atoms with Crippen LogP contribution in [0.3, 0.4) is 0 Å². The first-order chi connectivity index (χ1) is 11.2. The molecule has 1 saturated heterocycles. The molecule has 3 heterocycles. The Morgan fingerprint density at radius 3 is 2.96 bits per heavy atom. The third-order valence-corrected chi connectivity index (χ3v) is 4.57. The van der Waals surface area contributed by atoms with E-state index in [0.29, 0.717) is 26.2 Å². The fourth-order valence-corrected chi connectivity index (χ4v) is 3.41. The van der Waals surface area contributed by atoms with Gasteiger partial charge in [0, 0.05) is 24.8 Å². The highest BCUT2D eigenvalue weighted by Gasteiger charge is 2.34. The van der Waals surface area contributed by atoms with Gasteiger partial charge < -0.3 is 14.4 Å². The summed E-state index contributed by atoms with van der Waals surface area (Å²) in [6.45, 7) is 3.68. The van der Waals surface area contributed by atoms with Crippen LogP contribution in [0.1, 0.15) is 25.6 Å². The molecule has 23 heavy (non-hydrogen) atoms. The Morgan fingerprint density at radius 1 is 1.30 bits per heavy atom. The molecule has 0 aliphatic carbocycles. The maximum absolute atomic E-state index is 10.8. The summed E-state index contributed by atoms with van der Waals surface area (Å²) in [5.74, 6) is 1.01. The Kier molecular flexibility index (Phi) is 3.54. The van der Waals surface area contributed by atoms with Crippen LogP contribution in [0.2, 0.25) is 0 Å². The Bertz CT molecular complexity index is 850. The quantitative estimate of drug-likeness (QED) is 0.805. The van der Waals surface area contributed by atoms with Gasteiger partial charge in [-0.3, -0.25) is 4.98 Å². The van der Waals surface area contributed by atoms with Crippen molar-refractivity contribution in [2.24, 2.45) is 0 Å². The van der Waals surface area contributed by atoms with Crippen molar-refractivity contribution in [3.63, 3.8) is 0 Å². The predicted octanol–water partition coefficient (Wildman–Crippen LogP) is 2.69. The number of aromatic nitrogens is 3. The van der Waals surface area contributed by atoms with Gasteiger partial charge in [0.15, 0.2) is 0 Å². The van der Waals surface area contributed by atoms with Crippen LogP contribution in [-0.4, -0.2) is 38.5 Å². The SMILES string of the molecule is CCCc1nc2cnc3ccccc3c2n1CC1(O)CCOC1. The number of nitrogens with zero attached hydrogens (tertiary/aromatic N) is 3. The predicted molar refractivity (Wildman–Crippen MR) is 89.4 cm³/mol. The number of rotatable bonds is 4. The molecule has 1 aliphatic rings. The average Bonchev–Trinajstić information content (AvgIpc) is 3.13. The van der Waals surface area contributed by atoms with E-state index in [9.17, 15) is 5.11 Å². The fourth-order valence-electron chi connectivity index (χ4n) is 3.41. The highest BCUT2D eigenvalue weighted by atomic mass is 16.5. The van der Waals surface area contributed by atoms with E-state index in [1.807, 2.05) is 24.4 Å². The summed E-state index contributed by atoms with van der Waals surface area (Å²) in [7, 11) is 0. The molecule has 2 aromatic heterocycles. The van der Waals surface area contributed by atoms with Gasteiger partial charge in [-0.15, -0.1) is 0 Å². The van der Waals surface area contributed by atoms with E-state index < -0.39 is 5.60 Å². The second-order valence-corrected chi connectivity index (χ2v) is 6.40. The minimum absolute atomic E-state index is 0.390. The summed E-state index contributed by atoms with van der Waals surface area (Å²) in [4.78, 5) is 9.28. The number of aryl methyl sites for hydroxylation is 1. The Balaban J connectivity index is 1.94. The molecule has 120 valence electrons. The highest BCUT2D eigenvalue weighted by molar-refractivity contribution is 6.02. The minimum atomic E-state index is -0.805. The van der Waals surface area contributed by atoms with E-state index in [2.05, 4.69) is 22.5 Å². The Labute approximate surface area is 134 Å². The molecule has 1 N–H and O–H groups in total. The van der Waals surface area contributed by atoms with Crippen LogP contribution >= 0.6 is 0 Å². The number of pyridine rings is 1. The third kappa shape index (κ3) is 2.50. The van der Waals surface area contributed by atoms with E-state index >= 15 is 0 Å². The Hall–Kier alpha value is -1.98. The molecule has 1 atom stereocenters. The first-order valence-corrected chi connectivity index (χ1v) is 8.23. The van der Waals surface area contributed by atoms with Gasteiger partial charge in [-0.2, -0.15) is 0 Å². The third-order valence-electron chi connectivity index (χ3n) is 4.57. The molecule has 1 unspecified atom stereocenters. The molecule has 1 aromatic carbocycles. The smallest absolute Gasteiger partial charge is 0.110 e. The topological polar surface area (TPSA) is 60.2 Å². The largest absolute Gasteiger partial charge is 0.386 e. The number of aliphatic hydroxyl groups is 1. The lowest BCUT2D eigenvalue weighted by atomic mass is 10.0. The highest BCUT2D eigenvalue weighted by Crippen LogP contribution is 2.29. The lowest BCUT2D eigenvalue weighted by Gasteiger charge is -2.23. The van der Waals surface area contributed by atoms with Gasteiger partial charge >= 0.3 is 0 Å². The first-order valence-electron chi connectivity index (χ1n) is 8.23. The average molecular weight is 311 g/mol. The summed E-state index contributed by atoms with van der Waals surface area (Å²) in [6, 6.07) is 8.10. The molecule has 0 bridgehead atoms. The van der Waals surface area contributed by atoms with Crippen LogP contribution in [0.15, 0.2) is 30.5 Å². The van der Waals surface area contributed by atoms with E-state index in [1.165, 1.54) is 0 Å². The molecule has 0 saturated carbocycles. The van der Waals surface area contributed by atoms with Gasteiger partial charge in [-0.1, -0.05) is 25.1 Å². The van der Waals surface area contributed by atoms with Gasteiger partial charge in [-0.05, 0) is 12.5 Å². The summed E-state index contributed by atoms with van der Waals surface area (Å²) in [5.41, 5.74) is 2.12. The van der Waals surface area contributed by atoms with E-state index in [1.54, 1.807) is 0 Å². The van der Waals surface area contributed by atoms with Gasteiger partial charge in [-0.25, -0.2) is 4.98 Å². The molecule has 1 fully saturated rings. The van der Waals surface area contributed by atoms with Gasteiger partial charge in [0.05, 0.1) is 30.4 Å². The molecule has 0 amide bonds. The van der Waals surface area contributed by atoms with Crippen molar-refractivity contribution in [3.05, 3.63) is 36.3 Å².